The van der Waals surface area contributed by atoms with Crippen molar-refractivity contribution in [2.45, 2.75) is 26.3 Å². The van der Waals surface area contributed by atoms with Crippen LogP contribution in [0, 0.1) is 6.92 Å². The second kappa shape index (κ2) is 5.32. The molecule has 1 rings (SSSR count). The molecule has 78 valence electrons. The zero-order valence-corrected chi connectivity index (χ0v) is 10.1. The molecule has 0 fully saturated rings. The summed E-state index contributed by atoms with van der Waals surface area (Å²) in [6, 6.07) is 2.40. The number of nitrogens with zero attached hydrogens (tertiary/aromatic N) is 1. The second-order valence-electron chi connectivity index (χ2n) is 3.47. The fourth-order valence-electron chi connectivity index (χ4n) is 1.20. The van der Waals surface area contributed by atoms with Crippen molar-refractivity contribution in [3.8, 4) is 0 Å². The fourth-order valence-corrected chi connectivity index (χ4v) is 1.77. The first-order chi connectivity index (χ1) is 6.63. The lowest BCUT2D eigenvalue weighted by Gasteiger charge is -2.14. The minimum Gasteiger partial charge on any atom is -0.367 e. The lowest BCUT2D eigenvalue weighted by Crippen LogP contribution is -2.20. The van der Waals surface area contributed by atoms with E-state index in [1.165, 1.54) is 0 Å². The van der Waals surface area contributed by atoms with Crippen molar-refractivity contribution in [3.63, 3.8) is 0 Å². The van der Waals surface area contributed by atoms with Gasteiger partial charge in [0.05, 0.1) is 4.47 Å². The molecule has 0 saturated heterocycles. The molecule has 1 aromatic heterocycles. The zero-order valence-electron chi connectivity index (χ0n) is 8.55. The molecule has 0 aliphatic heterocycles. The summed E-state index contributed by atoms with van der Waals surface area (Å²) in [5.41, 5.74) is 6.62. The molecule has 3 N–H and O–H groups in total. The predicted octanol–water partition coefficient (Wildman–Crippen LogP) is 2.30. The summed E-state index contributed by atoms with van der Waals surface area (Å²) in [5.74, 6) is 0.886. The molecule has 4 heteroatoms. The van der Waals surface area contributed by atoms with E-state index in [-0.39, 0.29) is 0 Å². The quantitative estimate of drug-likeness (QED) is 0.871. The largest absolute Gasteiger partial charge is 0.367 e. The number of aromatic nitrogens is 1. The molecule has 0 aliphatic carbocycles. The molecule has 0 aromatic carbocycles. The Morgan fingerprint density at radius 3 is 2.93 bits per heavy atom. The van der Waals surface area contributed by atoms with Crippen molar-refractivity contribution in [1.29, 1.82) is 0 Å². The van der Waals surface area contributed by atoms with Gasteiger partial charge in [0.15, 0.2) is 0 Å². The minimum absolute atomic E-state index is 0.353. The van der Waals surface area contributed by atoms with Gasteiger partial charge >= 0.3 is 0 Å². The maximum Gasteiger partial charge on any atom is 0.140 e. The highest BCUT2D eigenvalue weighted by molar-refractivity contribution is 9.10. The van der Waals surface area contributed by atoms with Crippen LogP contribution in [0.4, 0.5) is 5.82 Å². The Kier molecular flexibility index (Phi) is 4.35. The third kappa shape index (κ3) is 3.27. The Labute approximate surface area is 93.2 Å². The number of halogens is 1. The van der Waals surface area contributed by atoms with Crippen molar-refractivity contribution in [3.05, 3.63) is 22.3 Å². The summed E-state index contributed by atoms with van der Waals surface area (Å²) < 4.78 is 1.00. The molecule has 0 bridgehead atoms. The van der Waals surface area contributed by atoms with Crippen LogP contribution < -0.4 is 11.1 Å². The molecule has 3 nitrogen and oxygen atoms in total. The van der Waals surface area contributed by atoms with E-state index in [0.717, 1.165) is 22.3 Å². The van der Waals surface area contributed by atoms with Crippen LogP contribution in [-0.4, -0.2) is 17.6 Å². The van der Waals surface area contributed by atoms with E-state index < -0.39 is 0 Å². The molecule has 0 spiro atoms. The first-order valence-corrected chi connectivity index (χ1v) is 5.51. The molecular formula is C10H16BrN3. The van der Waals surface area contributed by atoms with E-state index in [2.05, 4.69) is 33.2 Å². The van der Waals surface area contributed by atoms with E-state index in [4.69, 9.17) is 5.73 Å². The van der Waals surface area contributed by atoms with Crippen LogP contribution in [0.5, 0.6) is 0 Å². The number of rotatable bonds is 4. The fraction of sp³-hybridized carbons (Fsp3) is 0.500. The smallest absolute Gasteiger partial charge is 0.140 e. The molecule has 1 unspecified atom stereocenters. The van der Waals surface area contributed by atoms with Crippen LogP contribution in [0.3, 0.4) is 0 Å². The van der Waals surface area contributed by atoms with Crippen LogP contribution >= 0.6 is 15.9 Å². The standard InChI is InChI=1S/C10H16BrN3/c1-7-5-9(11)10(13-6-7)14-8(2)3-4-12/h5-6,8H,3-4,12H2,1-2H3,(H,13,14). The molecule has 1 heterocycles. The van der Waals surface area contributed by atoms with Gasteiger partial charge in [0.1, 0.15) is 5.82 Å². The van der Waals surface area contributed by atoms with Gasteiger partial charge in [0.2, 0.25) is 0 Å². The third-order valence-electron chi connectivity index (χ3n) is 1.96. The highest BCUT2D eigenvalue weighted by atomic mass is 79.9. The van der Waals surface area contributed by atoms with Crippen molar-refractivity contribution in [2.24, 2.45) is 5.73 Å². The first kappa shape index (κ1) is 11.5. The lowest BCUT2D eigenvalue weighted by atomic mass is 10.2. The highest BCUT2D eigenvalue weighted by Crippen LogP contribution is 2.21. The molecule has 1 atom stereocenters. The number of aryl methyl sites for hydroxylation is 1. The topological polar surface area (TPSA) is 50.9 Å². The molecule has 0 aliphatic rings. The van der Waals surface area contributed by atoms with Gasteiger partial charge < -0.3 is 11.1 Å². The monoisotopic (exact) mass is 257 g/mol. The number of pyridine rings is 1. The van der Waals surface area contributed by atoms with E-state index in [1.54, 1.807) is 0 Å². The normalized spacial score (nSPS) is 12.6. The maximum atomic E-state index is 5.47. The number of hydrogen-bond acceptors (Lipinski definition) is 3. The SMILES string of the molecule is Cc1cnc(NC(C)CCN)c(Br)c1. The number of anilines is 1. The van der Waals surface area contributed by atoms with Gasteiger partial charge in [0.25, 0.3) is 0 Å². The summed E-state index contributed by atoms with van der Waals surface area (Å²) >= 11 is 3.47. The van der Waals surface area contributed by atoms with Gasteiger partial charge in [-0.3, -0.25) is 0 Å². The summed E-state index contributed by atoms with van der Waals surface area (Å²) in [5, 5.41) is 3.30. The first-order valence-electron chi connectivity index (χ1n) is 4.72. The summed E-state index contributed by atoms with van der Waals surface area (Å²) in [6.07, 6.45) is 2.80. The van der Waals surface area contributed by atoms with Crippen LogP contribution in [-0.2, 0) is 0 Å². The van der Waals surface area contributed by atoms with Crippen molar-refractivity contribution in [2.75, 3.05) is 11.9 Å². The average Bonchev–Trinajstić information content (AvgIpc) is 2.10. The maximum absolute atomic E-state index is 5.47. The minimum atomic E-state index is 0.353. The zero-order chi connectivity index (χ0) is 10.6. The van der Waals surface area contributed by atoms with E-state index in [9.17, 15) is 0 Å². The van der Waals surface area contributed by atoms with Gasteiger partial charge in [-0.2, -0.15) is 0 Å². The molecule has 14 heavy (non-hydrogen) atoms. The number of nitrogens with one attached hydrogen (secondary N) is 1. The van der Waals surface area contributed by atoms with E-state index in [1.807, 2.05) is 19.2 Å². The van der Waals surface area contributed by atoms with Crippen molar-refractivity contribution in [1.82, 2.24) is 4.98 Å². The summed E-state index contributed by atoms with van der Waals surface area (Å²) in [6.45, 7) is 4.81. The Morgan fingerprint density at radius 2 is 2.36 bits per heavy atom. The Balaban J connectivity index is 2.67. The summed E-state index contributed by atoms with van der Waals surface area (Å²) in [4.78, 5) is 4.30. The molecular weight excluding hydrogens is 242 g/mol. The molecule has 1 aromatic rings. The Morgan fingerprint density at radius 1 is 1.64 bits per heavy atom. The second-order valence-corrected chi connectivity index (χ2v) is 4.32. The van der Waals surface area contributed by atoms with Crippen LogP contribution in [0.15, 0.2) is 16.7 Å². The van der Waals surface area contributed by atoms with Gasteiger partial charge in [0, 0.05) is 12.2 Å². The van der Waals surface area contributed by atoms with Gasteiger partial charge in [-0.1, -0.05) is 0 Å². The van der Waals surface area contributed by atoms with Gasteiger partial charge in [-0.25, -0.2) is 4.98 Å². The highest BCUT2D eigenvalue weighted by Gasteiger charge is 2.05. The van der Waals surface area contributed by atoms with Gasteiger partial charge in [-0.15, -0.1) is 0 Å². The Hall–Kier alpha value is -0.610. The third-order valence-corrected chi connectivity index (χ3v) is 2.57. The van der Waals surface area contributed by atoms with Gasteiger partial charge in [-0.05, 0) is 54.4 Å². The number of hydrogen-bond donors (Lipinski definition) is 2. The summed E-state index contributed by atoms with van der Waals surface area (Å²) in [7, 11) is 0. The van der Waals surface area contributed by atoms with Crippen molar-refractivity contribution >= 4 is 21.7 Å². The van der Waals surface area contributed by atoms with Crippen LogP contribution in [0.1, 0.15) is 18.9 Å². The molecule has 0 amide bonds. The molecule has 0 saturated carbocycles. The number of nitrogens with two attached hydrogens (primary N) is 1. The molecule has 0 radical (unpaired) electrons. The Bertz CT molecular complexity index is 301. The van der Waals surface area contributed by atoms with Crippen molar-refractivity contribution < 1.29 is 0 Å². The van der Waals surface area contributed by atoms with E-state index in [0.29, 0.717) is 12.6 Å². The van der Waals surface area contributed by atoms with Crippen LogP contribution in [0.2, 0.25) is 0 Å². The average molecular weight is 258 g/mol. The van der Waals surface area contributed by atoms with Crippen LogP contribution in [0.25, 0.3) is 0 Å². The predicted molar refractivity (Wildman–Crippen MR) is 63.4 cm³/mol. The van der Waals surface area contributed by atoms with E-state index >= 15 is 0 Å². The lowest BCUT2D eigenvalue weighted by molar-refractivity contribution is 0.713.